The van der Waals surface area contributed by atoms with Crippen molar-refractivity contribution < 1.29 is 4.79 Å². The van der Waals surface area contributed by atoms with E-state index in [1.807, 2.05) is 42.9 Å². The van der Waals surface area contributed by atoms with Crippen LogP contribution >= 0.6 is 0 Å². The molecule has 1 aliphatic heterocycles. The second kappa shape index (κ2) is 8.53. The molecule has 0 aromatic carbocycles. The zero-order valence-electron chi connectivity index (χ0n) is 16.8. The Morgan fingerprint density at radius 1 is 1.21 bits per heavy atom. The van der Waals surface area contributed by atoms with Crippen molar-refractivity contribution in [1.82, 2.24) is 29.7 Å². The summed E-state index contributed by atoms with van der Waals surface area (Å²) in [5.41, 5.74) is 3.94. The fraction of sp³-hybridized carbons (Fsp3) is 0.364. The molecular weight excluding hydrogens is 364 g/mol. The molecule has 4 rings (SSSR count). The number of nitrogens with one attached hydrogen (secondary N) is 1. The third kappa shape index (κ3) is 4.19. The van der Waals surface area contributed by atoms with Gasteiger partial charge in [0.05, 0.1) is 30.0 Å². The highest BCUT2D eigenvalue weighted by molar-refractivity contribution is 5.83. The molecule has 0 saturated heterocycles. The summed E-state index contributed by atoms with van der Waals surface area (Å²) in [6, 6.07) is 9.52. The van der Waals surface area contributed by atoms with E-state index < -0.39 is 6.04 Å². The van der Waals surface area contributed by atoms with Gasteiger partial charge in [-0.3, -0.25) is 19.7 Å². The normalized spacial score (nSPS) is 16.6. The Hall–Kier alpha value is -3.06. The van der Waals surface area contributed by atoms with E-state index in [9.17, 15) is 4.79 Å². The molecule has 4 heterocycles. The molecule has 3 aromatic heterocycles. The molecule has 1 aliphatic rings. The van der Waals surface area contributed by atoms with E-state index >= 15 is 0 Å². The zero-order valence-corrected chi connectivity index (χ0v) is 16.8. The van der Waals surface area contributed by atoms with Crippen LogP contribution in [0.3, 0.4) is 0 Å². The number of aromatic nitrogens is 4. The van der Waals surface area contributed by atoms with Crippen molar-refractivity contribution in [3.63, 3.8) is 0 Å². The number of carbonyl (C=O) groups is 1. The van der Waals surface area contributed by atoms with Crippen molar-refractivity contribution in [3.05, 3.63) is 77.9 Å². The molecule has 1 N–H and O–H groups in total. The lowest BCUT2D eigenvalue weighted by Crippen LogP contribution is -2.45. The fourth-order valence-corrected chi connectivity index (χ4v) is 3.83. The van der Waals surface area contributed by atoms with E-state index in [4.69, 9.17) is 0 Å². The molecule has 150 valence electrons. The highest BCUT2D eigenvalue weighted by Gasteiger charge is 2.37. The van der Waals surface area contributed by atoms with Crippen molar-refractivity contribution in [1.29, 1.82) is 0 Å². The number of pyridine rings is 2. The van der Waals surface area contributed by atoms with Gasteiger partial charge < -0.3 is 9.88 Å². The molecule has 3 aromatic rings. The number of hydrogen-bond donors (Lipinski definition) is 1. The SMILES string of the molecule is CC(C)n1cnc2c1C(C(=O)NCc1ccccn1)N(Cc1cccnc1)CC2. The first-order valence-electron chi connectivity index (χ1n) is 9.99. The quantitative estimate of drug-likeness (QED) is 0.700. The van der Waals surface area contributed by atoms with Gasteiger partial charge in [0.15, 0.2) is 0 Å². The maximum absolute atomic E-state index is 13.4. The Kier molecular flexibility index (Phi) is 5.67. The van der Waals surface area contributed by atoms with Crippen LogP contribution in [0.4, 0.5) is 0 Å². The molecule has 0 spiro atoms. The maximum Gasteiger partial charge on any atom is 0.243 e. The van der Waals surface area contributed by atoms with Gasteiger partial charge in [-0.2, -0.15) is 0 Å². The molecule has 0 radical (unpaired) electrons. The van der Waals surface area contributed by atoms with Gasteiger partial charge in [0.1, 0.15) is 6.04 Å². The number of carbonyl (C=O) groups excluding carboxylic acids is 1. The molecule has 0 saturated carbocycles. The Balaban J connectivity index is 1.62. The van der Waals surface area contributed by atoms with Gasteiger partial charge in [0.2, 0.25) is 5.91 Å². The molecule has 0 fully saturated rings. The Labute approximate surface area is 170 Å². The van der Waals surface area contributed by atoms with Crippen molar-refractivity contribution in [2.75, 3.05) is 6.54 Å². The van der Waals surface area contributed by atoms with Crippen LogP contribution in [-0.4, -0.2) is 36.9 Å². The molecule has 1 atom stereocenters. The highest BCUT2D eigenvalue weighted by Crippen LogP contribution is 2.32. The second-order valence-corrected chi connectivity index (χ2v) is 7.60. The number of rotatable bonds is 6. The Bertz CT molecular complexity index is 954. The third-order valence-electron chi connectivity index (χ3n) is 5.25. The summed E-state index contributed by atoms with van der Waals surface area (Å²) in [4.78, 5) is 28.7. The summed E-state index contributed by atoms with van der Waals surface area (Å²) in [6.07, 6.45) is 8.06. The number of nitrogens with zero attached hydrogens (tertiary/aromatic N) is 5. The van der Waals surface area contributed by atoms with Crippen LogP contribution in [0.5, 0.6) is 0 Å². The van der Waals surface area contributed by atoms with Gasteiger partial charge in [-0.05, 0) is 37.6 Å². The van der Waals surface area contributed by atoms with Crippen LogP contribution in [0, 0.1) is 0 Å². The first-order valence-corrected chi connectivity index (χ1v) is 9.99. The van der Waals surface area contributed by atoms with Crippen LogP contribution in [0.2, 0.25) is 0 Å². The van der Waals surface area contributed by atoms with Gasteiger partial charge in [0, 0.05) is 44.1 Å². The van der Waals surface area contributed by atoms with E-state index in [1.54, 1.807) is 12.4 Å². The van der Waals surface area contributed by atoms with E-state index in [2.05, 4.69) is 43.6 Å². The average molecular weight is 390 g/mol. The number of fused-ring (bicyclic) bond motifs is 1. The van der Waals surface area contributed by atoms with Crippen molar-refractivity contribution >= 4 is 5.91 Å². The van der Waals surface area contributed by atoms with Crippen LogP contribution in [-0.2, 0) is 24.3 Å². The molecule has 0 bridgehead atoms. The minimum atomic E-state index is -0.396. The number of imidazole rings is 1. The number of hydrogen-bond acceptors (Lipinski definition) is 5. The van der Waals surface area contributed by atoms with E-state index in [0.29, 0.717) is 13.1 Å². The van der Waals surface area contributed by atoms with Crippen LogP contribution < -0.4 is 5.32 Å². The molecule has 7 heteroatoms. The largest absolute Gasteiger partial charge is 0.349 e. The van der Waals surface area contributed by atoms with Crippen LogP contribution in [0.15, 0.2) is 55.2 Å². The predicted octanol–water partition coefficient (Wildman–Crippen LogP) is 2.67. The Morgan fingerprint density at radius 2 is 2.10 bits per heavy atom. The molecule has 0 aliphatic carbocycles. The van der Waals surface area contributed by atoms with Gasteiger partial charge in [-0.25, -0.2) is 4.98 Å². The van der Waals surface area contributed by atoms with Gasteiger partial charge in [0.25, 0.3) is 0 Å². The standard InChI is InChI=1S/C22H26N6O/c1-16(2)28-15-26-19-8-11-27(14-17-6-5-9-23-12-17)21(20(19)28)22(29)25-13-18-7-3-4-10-24-18/h3-7,9-10,12,15-16,21H,8,11,13-14H2,1-2H3,(H,25,29). The highest BCUT2D eigenvalue weighted by atomic mass is 16.2. The van der Waals surface area contributed by atoms with Crippen LogP contribution in [0.1, 0.15) is 48.6 Å². The van der Waals surface area contributed by atoms with Gasteiger partial charge in [-0.1, -0.05) is 12.1 Å². The van der Waals surface area contributed by atoms with Crippen molar-refractivity contribution in [3.8, 4) is 0 Å². The minimum Gasteiger partial charge on any atom is -0.349 e. The first-order chi connectivity index (χ1) is 14.1. The Morgan fingerprint density at radius 3 is 2.83 bits per heavy atom. The predicted molar refractivity (Wildman–Crippen MR) is 110 cm³/mol. The molecule has 1 amide bonds. The van der Waals surface area contributed by atoms with Gasteiger partial charge in [-0.15, -0.1) is 0 Å². The topological polar surface area (TPSA) is 75.9 Å². The fourth-order valence-electron chi connectivity index (χ4n) is 3.83. The van der Waals surface area contributed by atoms with Crippen molar-refractivity contribution in [2.24, 2.45) is 0 Å². The maximum atomic E-state index is 13.4. The summed E-state index contributed by atoms with van der Waals surface area (Å²) >= 11 is 0. The summed E-state index contributed by atoms with van der Waals surface area (Å²) < 4.78 is 2.12. The smallest absolute Gasteiger partial charge is 0.243 e. The molecule has 7 nitrogen and oxygen atoms in total. The lowest BCUT2D eigenvalue weighted by Gasteiger charge is -2.35. The lowest BCUT2D eigenvalue weighted by molar-refractivity contribution is -0.127. The number of amides is 1. The summed E-state index contributed by atoms with van der Waals surface area (Å²) in [5.74, 6) is -0.0251. The van der Waals surface area contributed by atoms with E-state index in [1.165, 1.54) is 0 Å². The summed E-state index contributed by atoms with van der Waals surface area (Å²) in [7, 11) is 0. The van der Waals surface area contributed by atoms with E-state index in [-0.39, 0.29) is 11.9 Å². The molecular formula is C22H26N6O. The summed E-state index contributed by atoms with van der Waals surface area (Å²) in [6.45, 7) is 6.08. The first kappa shape index (κ1) is 19.3. The summed E-state index contributed by atoms with van der Waals surface area (Å²) in [5, 5.41) is 3.08. The lowest BCUT2D eigenvalue weighted by atomic mass is 10.00. The monoisotopic (exact) mass is 390 g/mol. The van der Waals surface area contributed by atoms with Crippen molar-refractivity contribution in [2.45, 2.75) is 45.4 Å². The molecule has 29 heavy (non-hydrogen) atoms. The zero-order chi connectivity index (χ0) is 20.2. The van der Waals surface area contributed by atoms with Crippen LogP contribution in [0.25, 0.3) is 0 Å². The molecule has 1 unspecified atom stereocenters. The third-order valence-corrected chi connectivity index (χ3v) is 5.25. The average Bonchev–Trinajstić information content (AvgIpc) is 3.18. The minimum absolute atomic E-state index is 0.0251. The van der Waals surface area contributed by atoms with E-state index in [0.717, 1.165) is 35.6 Å². The van der Waals surface area contributed by atoms with Gasteiger partial charge >= 0.3 is 0 Å². The second-order valence-electron chi connectivity index (χ2n) is 7.60.